The van der Waals surface area contributed by atoms with E-state index >= 15 is 0 Å². The summed E-state index contributed by atoms with van der Waals surface area (Å²) in [7, 11) is -0.649. The second-order valence-corrected chi connectivity index (χ2v) is 11.9. The summed E-state index contributed by atoms with van der Waals surface area (Å²) in [5.41, 5.74) is 0.0249. The molecule has 9 heteroatoms. The summed E-state index contributed by atoms with van der Waals surface area (Å²) >= 11 is 0. The zero-order valence-electron chi connectivity index (χ0n) is 19.8. The predicted octanol–water partition coefficient (Wildman–Crippen LogP) is 2.35. The Bertz CT molecular complexity index is 1090. The van der Waals surface area contributed by atoms with Crippen LogP contribution in [0.25, 0.3) is 0 Å². The van der Waals surface area contributed by atoms with Gasteiger partial charge in [0.05, 0.1) is 29.0 Å². The van der Waals surface area contributed by atoms with E-state index in [1.54, 1.807) is 14.0 Å². The fraction of sp³-hybridized carbons (Fsp3) is 0.625. The predicted molar refractivity (Wildman–Crippen MR) is 124 cm³/mol. The maximum atomic E-state index is 13.5. The molecule has 0 amide bonds. The SMILES string of the molecule is Cc1nn(C)cc1S(=O)(=O)N(C)[C@H]1CC[C@@]2(CCO)C[C@H](c3ccccc3)C[C@](C)(O2)[C@@H]1O. The maximum absolute atomic E-state index is 13.5. The van der Waals surface area contributed by atoms with Crippen LogP contribution in [0.15, 0.2) is 41.4 Å². The third-order valence-corrected chi connectivity index (χ3v) is 9.52. The molecule has 4 rings (SSSR count). The standard InChI is InChI=1S/C24H35N3O5S/c1-17-21(16-26(3)25-17)33(30,31)27(4)20-10-11-24(12-13-28)15-19(18-8-6-5-7-9-18)14-23(2,32-24)22(20)29/h5-9,16,19-20,22,28-29H,10-15H2,1-4H3/t19-,20+,22-,23+,24-/m1/s1. The van der Waals surface area contributed by atoms with Gasteiger partial charge in [-0.05, 0) is 57.4 Å². The van der Waals surface area contributed by atoms with Gasteiger partial charge >= 0.3 is 0 Å². The quantitative estimate of drug-likeness (QED) is 0.662. The normalized spacial score (nSPS) is 32.6. The van der Waals surface area contributed by atoms with Crippen LogP contribution >= 0.6 is 0 Å². The van der Waals surface area contributed by atoms with Crippen molar-refractivity contribution < 1.29 is 23.4 Å². The van der Waals surface area contributed by atoms with Crippen molar-refractivity contribution in [3.63, 3.8) is 0 Å². The molecule has 2 fully saturated rings. The molecule has 33 heavy (non-hydrogen) atoms. The molecule has 5 atom stereocenters. The molecular formula is C24H35N3O5S. The maximum Gasteiger partial charge on any atom is 0.246 e. The number of hydrogen-bond acceptors (Lipinski definition) is 6. The molecule has 8 nitrogen and oxygen atoms in total. The van der Waals surface area contributed by atoms with E-state index in [1.165, 1.54) is 27.8 Å². The molecule has 1 aromatic carbocycles. The Labute approximate surface area is 196 Å². The van der Waals surface area contributed by atoms with E-state index in [9.17, 15) is 18.6 Å². The van der Waals surface area contributed by atoms with Gasteiger partial charge in [-0.2, -0.15) is 9.40 Å². The van der Waals surface area contributed by atoms with Crippen LogP contribution in [0, 0.1) is 6.92 Å². The number of aliphatic hydroxyl groups excluding tert-OH is 2. The molecule has 2 saturated heterocycles. The van der Waals surface area contributed by atoms with Crippen LogP contribution in [-0.2, 0) is 21.8 Å². The van der Waals surface area contributed by atoms with Gasteiger partial charge in [-0.25, -0.2) is 8.42 Å². The molecule has 2 aliphatic rings. The first-order valence-corrected chi connectivity index (χ1v) is 13.0. The molecule has 0 unspecified atom stereocenters. The molecule has 182 valence electrons. The van der Waals surface area contributed by atoms with Crippen LogP contribution in [0.2, 0.25) is 0 Å². The summed E-state index contributed by atoms with van der Waals surface area (Å²) in [5, 5.41) is 25.6. The highest BCUT2D eigenvalue weighted by Crippen LogP contribution is 2.51. The first kappa shape index (κ1) is 24.3. The van der Waals surface area contributed by atoms with E-state index < -0.39 is 33.4 Å². The van der Waals surface area contributed by atoms with Crippen LogP contribution in [-0.4, -0.2) is 69.7 Å². The van der Waals surface area contributed by atoms with Gasteiger partial charge in [0, 0.05) is 26.9 Å². The van der Waals surface area contributed by atoms with Gasteiger partial charge in [-0.3, -0.25) is 4.68 Å². The zero-order chi connectivity index (χ0) is 24.0. The van der Waals surface area contributed by atoms with Crippen molar-refractivity contribution in [3.8, 4) is 0 Å². The Kier molecular flexibility index (Phi) is 6.48. The Balaban J connectivity index is 1.71. The van der Waals surface area contributed by atoms with Gasteiger partial charge in [-0.1, -0.05) is 30.3 Å². The van der Waals surface area contributed by atoms with Crippen LogP contribution in [0.1, 0.15) is 56.2 Å². The second kappa shape index (κ2) is 8.78. The van der Waals surface area contributed by atoms with Crippen LogP contribution in [0.4, 0.5) is 0 Å². The van der Waals surface area contributed by atoms with E-state index in [1.807, 2.05) is 25.1 Å². The number of nitrogens with zero attached hydrogens (tertiary/aromatic N) is 3. The van der Waals surface area contributed by atoms with Crippen molar-refractivity contribution in [1.82, 2.24) is 14.1 Å². The third-order valence-electron chi connectivity index (χ3n) is 7.54. The number of hydrogen-bond donors (Lipinski definition) is 2. The summed E-state index contributed by atoms with van der Waals surface area (Å²) in [6.45, 7) is 3.52. The largest absolute Gasteiger partial charge is 0.396 e. The number of sulfonamides is 1. The van der Waals surface area contributed by atoms with Gasteiger partial charge in [0.25, 0.3) is 0 Å². The Hall–Kier alpha value is -1.78. The molecule has 2 aromatic rings. The average Bonchev–Trinajstić information content (AvgIpc) is 3.09. The van der Waals surface area contributed by atoms with Crippen molar-refractivity contribution >= 4 is 10.0 Å². The minimum Gasteiger partial charge on any atom is -0.396 e. The van der Waals surface area contributed by atoms with Crippen LogP contribution in [0.5, 0.6) is 0 Å². The van der Waals surface area contributed by atoms with E-state index in [0.29, 0.717) is 31.4 Å². The van der Waals surface area contributed by atoms with Gasteiger partial charge < -0.3 is 14.9 Å². The van der Waals surface area contributed by atoms with E-state index in [2.05, 4.69) is 17.2 Å². The molecular weight excluding hydrogens is 442 g/mol. The van der Waals surface area contributed by atoms with Crippen LogP contribution < -0.4 is 0 Å². The number of fused-ring (bicyclic) bond motifs is 2. The minimum absolute atomic E-state index is 0.0264. The van der Waals surface area contributed by atoms with Gasteiger partial charge in [0.1, 0.15) is 4.90 Å². The number of rotatable bonds is 6. The lowest BCUT2D eigenvalue weighted by Gasteiger charge is -2.50. The molecule has 3 heterocycles. The summed E-state index contributed by atoms with van der Waals surface area (Å²) in [6, 6.07) is 9.51. The fourth-order valence-electron chi connectivity index (χ4n) is 5.89. The molecule has 1 aromatic heterocycles. The molecule has 0 aliphatic carbocycles. The smallest absolute Gasteiger partial charge is 0.246 e. The molecule has 0 radical (unpaired) electrons. The van der Waals surface area contributed by atoms with E-state index in [0.717, 1.165) is 6.42 Å². The molecule has 2 bridgehead atoms. The van der Waals surface area contributed by atoms with Gasteiger partial charge in [-0.15, -0.1) is 0 Å². The van der Waals surface area contributed by atoms with Crippen molar-refractivity contribution in [2.24, 2.45) is 7.05 Å². The number of likely N-dealkylation sites (N-methyl/N-ethyl adjacent to an activating group) is 1. The monoisotopic (exact) mass is 477 g/mol. The number of aliphatic hydroxyl groups is 2. The number of aromatic nitrogens is 2. The number of aryl methyl sites for hydroxylation is 2. The first-order chi connectivity index (χ1) is 15.5. The molecule has 0 spiro atoms. The van der Waals surface area contributed by atoms with Crippen molar-refractivity contribution in [2.45, 2.75) is 80.1 Å². The van der Waals surface area contributed by atoms with E-state index in [4.69, 9.17) is 4.74 Å². The lowest BCUT2D eigenvalue weighted by Crippen LogP contribution is -2.58. The fourth-order valence-corrected chi connectivity index (χ4v) is 7.47. The van der Waals surface area contributed by atoms with Gasteiger partial charge in [0.2, 0.25) is 10.0 Å². The second-order valence-electron chi connectivity index (χ2n) is 9.91. The Morgan fingerprint density at radius 1 is 1.27 bits per heavy atom. The van der Waals surface area contributed by atoms with Crippen molar-refractivity contribution in [3.05, 3.63) is 47.8 Å². The average molecular weight is 478 g/mol. The summed E-state index contributed by atoms with van der Waals surface area (Å²) in [6.07, 6.45) is 3.21. The lowest BCUT2D eigenvalue weighted by atomic mass is 9.73. The summed E-state index contributed by atoms with van der Waals surface area (Å²) < 4.78 is 36.4. The van der Waals surface area contributed by atoms with Gasteiger partial charge in [0.15, 0.2) is 0 Å². The molecule has 0 saturated carbocycles. The summed E-state index contributed by atoms with van der Waals surface area (Å²) in [5.74, 6) is 0.146. The highest BCUT2D eigenvalue weighted by Gasteiger charge is 2.56. The first-order valence-electron chi connectivity index (χ1n) is 11.5. The topological polar surface area (TPSA) is 105 Å². The Morgan fingerprint density at radius 3 is 2.58 bits per heavy atom. The molecule has 2 N–H and O–H groups in total. The zero-order valence-corrected chi connectivity index (χ0v) is 20.6. The lowest BCUT2D eigenvalue weighted by molar-refractivity contribution is -0.225. The van der Waals surface area contributed by atoms with Crippen molar-refractivity contribution in [1.29, 1.82) is 0 Å². The number of ether oxygens (including phenoxy) is 1. The number of benzene rings is 1. The minimum atomic E-state index is -3.87. The third kappa shape index (κ3) is 4.37. The molecule has 2 aliphatic heterocycles. The summed E-state index contributed by atoms with van der Waals surface area (Å²) in [4.78, 5) is 0.144. The van der Waals surface area contributed by atoms with Crippen molar-refractivity contribution in [2.75, 3.05) is 13.7 Å². The van der Waals surface area contributed by atoms with E-state index in [-0.39, 0.29) is 17.4 Å². The highest BCUT2D eigenvalue weighted by molar-refractivity contribution is 7.89. The highest BCUT2D eigenvalue weighted by atomic mass is 32.2. The Morgan fingerprint density at radius 2 is 1.97 bits per heavy atom. The van der Waals surface area contributed by atoms with Crippen LogP contribution in [0.3, 0.4) is 0 Å².